The van der Waals surface area contributed by atoms with Crippen LogP contribution < -0.4 is 4.74 Å². The minimum Gasteiger partial charge on any atom is -0.494 e. The summed E-state index contributed by atoms with van der Waals surface area (Å²) in [6.07, 6.45) is -7.81. The zero-order chi connectivity index (χ0) is 18.0. The van der Waals surface area contributed by atoms with Crippen molar-refractivity contribution in [3.8, 4) is 5.75 Å². The molecule has 1 heterocycles. The minimum atomic E-state index is -1.73. The van der Waals surface area contributed by atoms with Gasteiger partial charge in [-0.3, -0.25) is 0 Å². The molecule has 1 aliphatic heterocycles. The number of esters is 1. The predicted octanol–water partition coefficient (Wildman–Crippen LogP) is -0.0413. The van der Waals surface area contributed by atoms with Crippen molar-refractivity contribution in [2.75, 3.05) is 13.7 Å². The first kappa shape index (κ1) is 19.2. The van der Waals surface area contributed by atoms with Gasteiger partial charge in [0.05, 0.1) is 23.8 Å². The first-order valence-electron chi connectivity index (χ1n) is 6.85. The fourth-order valence-electron chi connectivity index (χ4n) is 2.25. The molecule has 0 aromatic heterocycles. The third kappa shape index (κ3) is 3.60. The molecular weight excluding hydrogens is 367 g/mol. The molecule has 0 aliphatic carbocycles. The van der Waals surface area contributed by atoms with Crippen LogP contribution in [0.15, 0.2) is 12.1 Å². The zero-order valence-corrected chi connectivity index (χ0v) is 13.9. The summed E-state index contributed by atoms with van der Waals surface area (Å²) in [4.78, 5) is 12.4. The van der Waals surface area contributed by atoms with E-state index in [1.807, 2.05) is 0 Å². The van der Waals surface area contributed by atoms with Crippen LogP contribution in [0.2, 0.25) is 10.0 Å². The van der Waals surface area contributed by atoms with E-state index in [0.29, 0.717) is 0 Å². The van der Waals surface area contributed by atoms with Crippen LogP contribution in [0.5, 0.6) is 5.75 Å². The maximum atomic E-state index is 12.4. The van der Waals surface area contributed by atoms with Gasteiger partial charge in [0, 0.05) is 0 Å². The number of hydrogen-bond donors (Lipinski definition) is 4. The van der Waals surface area contributed by atoms with E-state index in [4.69, 9.17) is 42.5 Å². The number of hydrogen-bond acceptors (Lipinski definition) is 8. The first-order chi connectivity index (χ1) is 11.3. The van der Waals surface area contributed by atoms with Gasteiger partial charge in [-0.25, -0.2) is 4.79 Å². The minimum absolute atomic E-state index is 0.00848. The Kier molecular flexibility index (Phi) is 6.27. The number of aliphatic hydroxyl groups is 4. The van der Waals surface area contributed by atoms with Crippen LogP contribution in [0.1, 0.15) is 10.4 Å². The van der Waals surface area contributed by atoms with Crippen molar-refractivity contribution in [1.29, 1.82) is 0 Å². The van der Waals surface area contributed by atoms with Crippen molar-refractivity contribution in [3.05, 3.63) is 27.7 Å². The van der Waals surface area contributed by atoms with Gasteiger partial charge >= 0.3 is 5.97 Å². The Morgan fingerprint density at radius 2 is 1.79 bits per heavy atom. The highest BCUT2D eigenvalue weighted by atomic mass is 35.5. The molecule has 2 rings (SSSR count). The van der Waals surface area contributed by atoms with E-state index in [0.717, 1.165) is 0 Å². The fourth-order valence-corrected chi connectivity index (χ4v) is 2.71. The van der Waals surface area contributed by atoms with Crippen molar-refractivity contribution < 1.29 is 39.4 Å². The molecule has 1 fully saturated rings. The van der Waals surface area contributed by atoms with Gasteiger partial charge in [-0.05, 0) is 12.1 Å². The van der Waals surface area contributed by atoms with E-state index in [2.05, 4.69) is 0 Å². The van der Waals surface area contributed by atoms with Crippen molar-refractivity contribution >= 4 is 29.2 Å². The Morgan fingerprint density at radius 3 is 2.38 bits per heavy atom. The molecule has 0 amide bonds. The van der Waals surface area contributed by atoms with Gasteiger partial charge in [0.15, 0.2) is 5.75 Å². The molecule has 5 atom stereocenters. The van der Waals surface area contributed by atoms with Crippen molar-refractivity contribution in [2.45, 2.75) is 30.7 Å². The first-order valence-corrected chi connectivity index (χ1v) is 7.60. The number of carbonyl (C=O) groups is 1. The van der Waals surface area contributed by atoms with E-state index in [1.165, 1.54) is 19.2 Å². The summed E-state index contributed by atoms with van der Waals surface area (Å²) in [5.74, 6) is -1.05. The van der Waals surface area contributed by atoms with Gasteiger partial charge < -0.3 is 34.6 Å². The van der Waals surface area contributed by atoms with Crippen LogP contribution >= 0.6 is 23.2 Å². The van der Waals surface area contributed by atoms with E-state index in [1.54, 1.807) is 0 Å². The average molecular weight is 383 g/mol. The van der Waals surface area contributed by atoms with Crippen LogP contribution in [-0.2, 0) is 9.47 Å². The summed E-state index contributed by atoms with van der Waals surface area (Å²) >= 11 is 11.9. The van der Waals surface area contributed by atoms with Crippen LogP contribution in [-0.4, -0.2) is 70.8 Å². The summed E-state index contributed by atoms with van der Waals surface area (Å²) in [6.45, 7) is -0.653. The van der Waals surface area contributed by atoms with Crippen LogP contribution in [0.25, 0.3) is 0 Å². The summed E-state index contributed by atoms with van der Waals surface area (Å²) < 4.78 is 15.1. The van der Waals surface area contributed by atoms with Crippen LogP contribution in [0, 0.1) is 0 Å². The normalized spacial score (nSPS) is 30.0. The van der Waals surface area contributed by atoms with E-state index in [9.17, 15) is 20.1 Å². The Balaban J connectivity index is 2.25. The molecule has 0 saturated carbocycles. The lowest BCUT2D eigenvalue weighted by Gasteiger charge is -2.39. The highest BCUT2D eigenvalue weighted by Gasteiger charge is 2.45. The van der Waals surface area contributed by atoms with Gasteiger partial charge in [-0.2, -0.15) is 0 Å². The second kappa shape index (κ2) is 7.83. The Morgan fingerprint density at radius 1 is 1.17 bits per heavy atom. The summed E-state index contributed by atoms with van der Waals surface area (Å²) in [6, 6.07) is 2.78. The number of halogens is 2. The molecule has 4 N–H and O–H groups in total. The zero-order valence-electron chi connectivity index (χ0n) is 12.4. The quantitative estimate of drug-likeness (QED) is 0.534. The largest absolute Gasteiger partial charge is 0.494 e. The number of methoxy groups -OCH3 is 1. The molecule has 24 heavy (non-hydrogen) atoms. The van der Waals surface area contributed by atoms with Crippen LogP contribution in [0.3, 0.4) is 0 Å². The molecule has 1 aromatic carbocycles. The van der Waals surface area contributed by atoms with E-state index < -0.39 is 43.3 Å². The average Bonchev–Trinajstić information content (AvgIpc) is 2.56. The van der Waals surface area contributed by atoms with Crippen molar-refractivity contribution in [1.82, 2.24) is 0 Å². The number of ether oxygens (including phenoxy) is 3. The second-order valence-corrected chi connectivity index (χ2v) is 5.85. The lowest BCUT2D eigenvalue weighted by atomic mass is 9.99. The summed E-state index contributed by atoms with van der Waals surface area (Å²) in [5, 5.41) is 38.5. The molecule has 0 bridgehead atoms. The Bertz CT molecular complexity index is 609. The fraction of sp³-hybridized carbons (Fsp3) is 0.500. The Labute approximate surface area is 147 Å². The third-order valence-corrected chi connectivity index (χ3v) is 4.15. The van der Waals surface area contributed by atoms with Gasteiger partial charge in [0.1, 0.15) is 30.0 Å². The van der Waals surface area contributed by atoms with Gasteiger partial charge in [0.2, 0.25) is 6.29 Å². The molecule has 1 saturated heterocycles. The van der Waals surface area contributed by atoms with Gasteiger partial charge in [-0.1, -0.05) is 23.2 Å². The standard InChI is InChI=1S/C14H16Cl2O8/c1-22-12-6(16)3-2-5(15)8(12)13(21)24-14-11(20)10(19)9(18)7(4-17)23-14/h2-3,7,9-11,14,17-20H,4H2,1H3/t7-,9-,10+,11-,14-/m1/s1. The second-order valence-electron chi connectivity index (χ2n) is 5.04. The number of rotatable bonds is 4. The van der Waals surface area contributed by atoms with Crippen molar-refractivity contribution in [2.24, 2.45) is 0 Å². The monoisotopic (exact) mass is 382 g/mol. The smallest absolute Gasteiger partial charge is 0.345 e. The van der Waals surface area contributed by atoms with E-state index >= 15 is 0 Å². The SMILES string of the molecule is COc1c(Cl)ccc(Cl)c1C(=O)O[C@H]1O[C@H](CO)[C@@H](O)[C@H](O)[C@H]1O. The highest BCUT2D eigenvalue weighted by molar-refractivity contribution is 6.37. The molecular formula is C14H16Cl2O8. The number of benzene rings is 1. The Hall–Kier alpha value is -1.13. The maximum absolute atomic E-state index is 12.4. The third-order valence-electron chi connectivity index (χ3n) is 3.54. The topological polar surface area (TPSA) is 126 Å². The molecule has 1 aromatic rings. The summed E-state index contributed by atoms with van der Waals surface area (Å²) in [5.41, 5.74) is -0.191. The number of carbonyl (C=O) groups excluding carboxylic acids is 1. The molecule has 134 valence electrons. The maximum Gasteiger partial charge on any atom is 0.345 e. The molecule has 8 nitrogen and oxygen atoms in total. The lowest BCUT2D eigenvalue weighted by molar-refractivity contribution is -0.285. The van der Waals surface area contributed by atoms with Crippen LogP contribution in [0.4, 0.5) is 0 Å². The molecule has 0 spiro atoms. The van der Waals surface area contributed by atoms with Gasteiger partial charge in [0.25, 0.3) is 0 Å². The number of aliphatic hydroxyl groups excluding tert-OH is 4. The van der Waals surface area contributed by atoms with E-state index in [-0.39, 0.29) is 21.4 Å². The predicted molar refractivity (Wildman–Crippen MR) is 82.2 cm³/mol. The molecule has 1 aliphatic rings. The molecule has 10 heteroatoms. The summed E-state index contributed by atoms with van der Waals surface area (Å²) in [7, 11) is 1.28. The van der Waals surface area contributed by atoms with Gasteiger partial charge in [-0.15, -0.1) is 0 Å². The lowest BCUT2D eigenvalue weighted by Crippen LogP contribution is -2.59. The molecule has 0 radical (unpaired) electrons. The highest BCUT2D eigenvalue weighted by Crippen LogP contribution is 2.35. The molecule has 0 unspecified atom stereocenters. The van der Waals surface area contributed by atoms with Crippen molar-refractivity contribution in [3.63, 3.8) is 0 Å².